The van der Waals surface area contributed by atoms with Crippen molar-refractivity contribution < 1.29 is 35.5 Å². The molecule has 3 aromatic rings. The highest BCUT2D eigenvalue weighted by Gasteiger charge is 2.73. The van der Waals surface area contributed by atoms with Crippen molar-refractivity contribution in [3.63, 3.8) is 0 Å². The average Bonchev–Trinajstić information content (AvgIpc) is 2.80. The smallest absolute Gasteiger partial charge is 0.334 e. The third kappa shape index (κ3) is 6.69. The van der Waals surface area contributed by atoms with Crippen molar-refractivity contribution in [1.82, 2.24) is 4.90 Å². The van der Waals surface area contributed by atoms with Gasteiger partial charge in [0.15, 0.2) is 0 Å². The third-order valence-electron chi connectivity index (χ3n) is 5.49. The van der Waals surface area contributed by atoms with E-state index in [0.717, 1.165) is 17.7 Å². The van der Waals surface area contributed by atoms with Crippen LogP contribution in [-0.4, -0.2) is 29.7 Å². The molecule has 0 bridgehead atoms. The summed E-state index contributed by atoms with van der Waals surface area (Å²) >= 11 is 17.9. The molecule has 0 aromatic heterocycles. The number of halogens is 10. The van der Waals surface area contributed by atoms with Crippen LogP contribution in [0.4, 0.5) is 30.7 Å². The first-order chi connectivity index (χ1) is 17.1. The largest absolute Gasteiger partial charge is 0.435 e. The van der Waals surface area contributed by atoms with E-state index in [4.69, 9.17) is 34.8 Å². The van der Waals surface area contributed by atoms with E-state index in [1.165, 1.54) is 23.1 Å². The van der Waals surface area contributed by atoms with E-state index in [1.54, 1.807) is 24.3 Å². The summed E-state index contributed by atoms with van der Waals surface area (Å²) < 4.78 is 92.7. The SMILES string of the molecule is O=C(c1cc(Cl)cc(Cl)c1)N(CCc1ccc(Cl)cc1)Cc1ccc(C(F)(C(F)(F)F)C(F)(F)F)cc1. The Balaban J connectivity index is 1.91. The molecule has 0 aliphatic carbocycles. The van der Waals surface area contributed by atoms with Crippen LogP contribution in [0, 0.1) is 0 Å². The number of amides is 1. The first-order valence-corrected chi connectivity index (χ1v) is 11.7. The van der Waals surface area contributed by atoms with Gasteiger partial charge in [0, 0.05) is 39.3 Å². The number of benzene rings is 3. The molecule has 198 valence electrons. The molecule has 0 unspecified atom stereocenters. The maximum absolute atomic E-state index is 14.3. The van der Waals surface area contributed by atoms with Crippen molar-refractivity contribution in [1.29, 1.82) is 0 Å². The first kappa shape index (κ1) is 29.1. The topological polar surface area (TPSA) is 20.3 Å². The molecule has 0 saturated carbocycles. The van der Waals surface area contributed by atoms with Crippen molar-refractivity contribution in [2.24, 2.45) is 0 Å². The molecule has 3 aromatic carbocycles. The van der Waals surface area contributed by atoms with Crippen LogP contribution >= 0.6 is 34.8 Å². The summed E-state index contributed by atoms with van der Waals surface area (Å²) in [6, 6.07) is 13.6. The summed E-state index contributed by atoms with van der Waals surface area (Å²) in [6.45, 7) is -0.0847. The second-order valence-electron chi connectivity index (χ2n) is 8.11. The number of carbonyl (C=O) groups is 1. The minimum atomic E-state index is -6.22. The maximum atomic E-state index is 14.3. The first-order valence-electron chi connectivity index (χ1n) is 10.5. The lowest BCUT2D eigenvalue weighted by atomic mass is 9.93. The molecule has 2 nitrogen and oxygen atoms in total. The molecule has 0 aliphatic heterocycles. The Bertz CT molecular complexity index is 1210. The molecule has 0 spiro atoms. The lowest BCUT2D eigenvalue weighted by molar-refractivity contribution is -0.348. The van der Waals surface area contributed by atoms with Crippen LogP contribution in [0.2, 0.25) is 15.1 Å². The lowest BCUT2D eigenvalue weighted by Gasteiger charge is -2.30. The third-order valence-corrected chi connectivity index (χ3v) is 6.18. The molecule has 1 amide bonds. The molecule has 0 N–H and O–H groups in total. The summed E-state index contributed by atoms with van der Waals surface area (Å²) in [5, 5.41) is 0.889. The Hall–Kier alpha value is -2.49. The summed E-state index contributed by atoms with van der Waals surface area (Å²) in [4.78, 5) is 14.6. The van der Waals surface area contributed by atoms with Gasteiger partial charge in [-0.3, -0.25) is 4.79 Å². The van der Waals surface area contributed by atoms with Gasteiger partial charge in [0.25, 0.3) is 5.91 Å². The zero-order chi connectivity index (χ0) is 27.6. The molecule has 0 fully saturated rings. The van der Waals surface area contributed by atoms with Gasteiger partial charge in [0.1, 0.15) is 0 Å². The standard InChI is InChI=1S/C25H17Cl3F7NO/c26-19-7-3-15(4-8-19)9-10-36(22(37)17-11-20(27)13-21(28)12-17)14-16-1-5-18(6-2-16)23(29,24(30,31)32)25(33,34)35/h1-8,11-13H,9-10,14H2. The van der Waals surface area contributed by atoms with E-state index in [2.05, 4.69) is 0 Å². The molecular formula is C25H17Cl3F7NO. The van der Waals surface area contributed by atoms with E-state index in [-0.39, 0.29) is 34.3 Å². The van der Waals surface area contributed by atoms with Crippen molar-refractivity contribution in [2.45, 2.75) is 31.0 Å². The van der Waals surface area contributed by atoms with Gasteiger partial charge >= 0.3 is 18.0 Å². The average molecular weight is 587 g/mol. The maximum Gasteiger partial charge on any atom is 0.435 e. The number of hydrogen-bond donors (Lipinski definition) is 0. The fraction of sp³-hybridized carbons (Fsp3) is 0.240. The van der Waals surface area contributed by atoms with E-state index >= 15 is 0 Å². The van der Waals surface area contributed by atoms with Crippen molar-refractivity contribution >= 4 is 40.7 Å². The van der Waals surface area contributed by atoms with Gasteiger partial charge < -0.3 is 4.90 Å². The van der Waals surface area contributed by atoms with Crippen LogP contribution in [-0.2, 0) is 18.6 Å². The Labute approximate surface area is 222 Å². The fourth-order valence-electron chi connectivity index (χ4n) is 3.58. The highest BCUT2D eigenvalue weighted by Crippen LogP contribution is 2.53. The highest BCUT2D eigenvalue weighted by atomic mass is 35.5. The molecule has 0 radical (unpaired) electrons. The predicted octanol–water partition coefficient (Wildman–Crippen LogP) is 8.82. The van der Waals surface area contributed by atoms with Gasteiger partial charge in [-0.05, 0) is 47.9 Å². The monoisotopic (exact) mass is 585 g/mol. The van der Waals surface area contributed by atoms with Gasteiger partial charge in [-0.1, -0.05) is 71.2 Å². The summed E-state index contributed by atoms with van der Waals surface area (Å²) in [5.41, 5.74) is -6.04. The molecule has 0 aliphatic rings. The normalized spacial score (nSPS) is 12.5. The van der Waals surface area contributed by atoms with Crippen LogP contribution in [0.15, 0.2) is 66.7 Å². The molecule has 37 heavy (non-hydrogen) atoms. The second kappa shape index (κ2) is 11.1. The fourth-order valence-corrected chi connectivity index (χ4v) is 4.23. The van der Waals surface area contributed by atoms with Gasteiger partial charge in [-0.15, -0.1) is 0 Å². The zero-order valence-corrected chi connectivity index (χ0v) is 20.9. The number of nitrogens with zero attached hydrogens (tertiary/aromatic N) is 1. The van der Waals surface area contributed by atoms with Gasteiger partial charge in [0.2, 0.25) is 0 Å². The lowest BCUT2D eigenvalue weighted by Crippen LogP contribution is -2.50. The van der Waals surface area contributed by atoms with Gasteiger partial charge in [-0.2, -0.15) is 26.3 Å². The summed E-state index contributed by atoms with van der Waals surface area (Å²) in [5.74, 6) is -0.534. The Kier molecular flexibility index (Phi) is 8.71. The molecule has 0 atom stereocenters. The second-order valence-corrected chi connectivity index (χ2v) is 9.42. The van der Waals surface area contributed by atoms with E-state index < -0.39 is 29.5 Å². The van der Waals surface area contributed by atoms with Crippen molar-refractivity contribution in [3.8, 4) is 0 Å². The van der Waals surface area contributed by atoms with Crippen LogP contribution in [0.25, 0.3) is 0 Å². The molecule has 0 heterocycles. The Morgan fingerprint density at radius 2 is 1.16 bits per heavy atom. The Morgan fingerprint density at radius 3 is 1.65 bits per heavy atom. The van der Waals surface area contributed by atoms with Crippen molar-refractivity contribution in [3.05, 3.63) is 104 Å². The van der Waals surface area contributed by atoms with E-state index in [0.29, 0.717) is 23.6 Å². The Morgan fingerprint density at radius 1 is 0.676 bits per heavy atom. The predicted molar refractivity (Wildman–Crippen MR) is 128 cm³/mol. The van der Waals surface area contributed by atoms with Gasteiger partial charge in [-0.25, -0.2) is 4.39 Å². The number of carbonyl (C=O) groups excluding carboxylic acids is 1. The van der Waals surface area contributed by atoms with E-state index in [9.17, 15) is 35.5 Å². The number of rotatable bonds is 7. The minimum absolute atomic E-state index is 0.116. The van der Waals surface area contributed by atoms with Crippen LogP contribution < -0.4 is 0 Å². The minimum Gasteiger partial charge on any atom is -0.334 e. The molecule has 3 rings (SSSR count). The van der Waals surface area contributed by atoms with Crippen LogP contribution in [0.5, 0.6) is 0 Å². The number of alkyl halides is 7. The van der Waals surface area contributed by atoms with Gasteiger partial charge in [0.05, 0.1) is 0 Å². The van der Waals surface area contributed by atoms with E-state index in [1.807, 2.05) is 0 Å². The summed E-state index contributed by atoms with van der Waals surface area (Å²) in [7, 11) is 0. The molecule has 0 saturated heterocycles. The van der Waals surface area contributed by atoms with Crippen molar-refractivity contribution in [2.75, 3.05) is 6.54 Å². The van der Waals surface area contributed by atoms with Crippen LogP contribution in [0.1, 0.15) is 27.0 Å². The quantitative estimate of drug-likeness (QED) is 0.253. The number of hydrogen-bond acceptors (Lipinski definition) is 1. The molecular weight excluding hydrogens is 570 g/mol. The summed E-state index contributed by atoms with van der Waals surface area (Å²) in [6.07, 6.45) is -12.1. The zero-order valence-electron chi connectivity index (χ0n) is 18.6. The van der Waals surface area contributed by atoms with Crippen LogP contribution in [0.3, 0.4) is 0 Å². The molecule has 12 heteroatoms. The highest BCUT2D eigenvalue weighted by molar-refractivity contribution is 6.35.